The minimum atomic E-state index is -0.387. The average molecular weight is 184 g/mol. The van der Waals surface area contributed by atoms with Crippen molar-refractivity contribution in [2.24, 2.45) is 5.92 Å². The van der Waals surface area contributed by atoms with Gasteiger partial charge in [0.25, 0.3) is 0 Å². The summed E-state index contributed by atoms with van der Waals surface area (Å²) in [4.78, 5) is 22.2. The number of rotatable bonds is 7. The number of carbonyl (C=O) groups excluding carboxylic acids is 2. The smallest absolute Gasteiger partial charge is 0.143 e. The maximum absolute atomic E-state index is 11.3. The number of hydrogen-bond acceptors (Lipinski definition) is 2. The first-order valence-corrected chi connectivity index (χ1v) is 5.12. The molecule has 0 aliphatic rings. The highest BCUT2D eigenvalue weighted by molar-refractivity contribution is 6.00. The highest BCUT2D eigenvalue weighted by Crippen LogP contribution is 2.08. The molecule has 0 heterocycles. The summed E-state index contributed by atoms with van der Waals surface area (Å²) in [6.07, 6.45) is 4.97. The number of hydrogen-bond donors (Lipinski definition) is 0. The SMILES string of the molecule is CCCCCCC(=O)C(C)C(C)=O. The summed E-state index contributed by atoms with van der Waals surface area (Å²) >= 11 is 0. The van der Waals surface area contributed by atoms with E-state index in [0.29, 0.717) is 6.42 Å². The van der Waals surface area contributed by atoms with Crippen LogP contribution in [0.5, 0.6) is 0 Å². The Hall–Kier alpha value is -0.660. The highest BCUT2D eigenvalue weighted by Gasteiger charge is 2.16. The van der Waals surface area contributed by atoms with Crippen molar-refractivity contribution in [3.63, 3.8) is 0 Å². The molecule has 0 aliphatic heterocycles. The number of Topliss-reactive ketones (excluding diaryl/α,β-unsaturated/α-hetero) is 2. The van der Waals surface area contributed by atoms with Crippen LogP contribution in [0, 0.1) is 5.92 Å². The van der Waals surface area contributed by atoms with E-state index in [4.69, 9.17) is 0 Å². The molecule has 0 spiro atoms. The summed E-state index contributed by atoms with van der Waals surface area (Å²) in [5.41, 5.74) is 0. The summed E-state index contributed by atoms with van der Waals surface area (Å²) < 4.78 is 0. The van der Waals surface area contributed by atoms with Gasteiger partial charge < -0.3 is 0 Å². The van der Waals surface area contributed by atoms with Crippen LogP contribution < -0.4 is 0 Å². The van der Waals surface area contributed by atoms with Crippen LogP contribution in [0.1, 0.15) is 52.9 Å². The van der Waals surface area contributed by atoms with Gasteiger partial charge in [-0.05, 0) is 20.3 Å². The largest absolute Gasteiger partial charge is 0.299 e. The van der Waals surface area contributed by atoms with Crippen molar-refractivity contribution in [2.45, 2.75) is 52.9 Å². The molecule has 0 radical (unpaired) electrons. The van der Waals surface area contributed by atoms with Crippen molar-refractivity contribution in [3.05, 3.63) is 0 Å². The summed E-state index contributed by atoms with van der Waals surface area (Å²) in [5.74, 6) is -0.300. The minimum absolute atomic E-state index is 0.0134. The Labute approximate surface area is 80.7 Å². The Morgan fingerprint density at radius 1 is 1.15 bits per heavy atom. The fourth-order valence-electron chi connectivity index (χ4n) is 1.17. The Morgan fingerprint density at radius 3 is 2.23 bits per heavy atom. The maximum atomic E-state index is 11.3. The van der Waals surface area contributed by atoms with Crippen LogP contribution in [0.25, 0.3) is 0 Å². The zero-order valence-corrected chi connectivity index (χ0v) is 8.93. The van der Waals surface area contributed by atoms with Gasteiger partial charge in [-0.25, -0.2) is 0 Å². The van der Waals surface area contributed by atoms with Crippen LogP contribution in [0.2, 0.25) is 0 Å². The summed E-state index contributed by atoms with van der Waals surface area (Å²) in [6, 6.07) is 0. The molecule has 76 valence electrons. The van der Waals surface area contributed by atoms with Gasteiger partial charge in [-0.2, -0.15) is 0 Å². The van der Waals surface area contributed by atoms with E-state index in [-0.39, 0.29) is 17.5 Å². The molecule has 0 bridgehead atoms. The van der Waals surface area contributed by atoms with E-state index in [1.807, 2.05) is 0 Å². The van der Waals surface area contributed by atoms with Gasteiger partial charge in [0, 0.05) is 6.42 Å². The molecule has 2 nitrogen and oxygen atoms in total. The van der Waals surface area contributed by atoms with E-state index in [9.17, 15) is 9.59 Å². The summed E-state index contributed by atoms with van der Waals surface area (Å²) in [6.45, 7) is 5.32. The van der Waals surface area contributed by atoms with Crippen molar-refractivity contribution in [1.29, 1.82) is 0 Å². The van der Waals surface area contributed by atoms with Crippen LogP contribution >= 0.6 is 0 Å². The third-order valence-electron chi connectivity index (χ3n) is 2.37. The van der Waals surface area contributed by atoms with Crippen LogP contribution in [0.4, 0.5) is 0 Å². The highest BCUT2D eigenvalue weighted by atomic mass is 16.1. The van der Waals surface area contributed by atoms with Crippen LogP contribution in [0.15, 0.2) is 0 Å². The molecule has 0 N–H and O–H groups in total. The van der Waals surface area contributed by atoms with Crippen molar-refractivity contribution in [2.75, 3.05) is 0 Å². The first-order valence-electron chi connectivity index (χ1n) is 5.12. The molecule has 0 aromatic carbocycles. The molecule has 13 heavy (non-hydrogen) atoms. The molecule has 2 heteroatoms. The molecular formula is C11H20O2. The van der Waals surface area contributed by atoms with E-state index >= 15 is 0 Å². The molecule has 0 saturated carbocycles. The molecule has 0 aliphatic carbocycles. The topological polar surface area (TPSA) is 34.1 Å². The normalized spacial score (nSPS) is 12.5. The Bertz CT molecular complexity index is 173. The van der Waals surface area contributed by atoms with Gasteiger partial charge >= 0.3 is 0 Å². The second-order valence-electron chi connectivity index (χ2n) is 3.61. The lowest BCUT2D eigenvalue weighted by Gasteiger charge is -2.05. The molecule has 1 unspecified atom stereocenters. The predicted molar refractivity (Wildman–Crippen MR) is 53.6 cm³/mol. The fourth-order valence-corrected chi connectivity index (χ4v) is 1.17. The van der Waals surface area contributed by atoms with Gasteiger partial charge in [0.05, 0.1) is 5.92 Å². The quantitative estimate of drug-likeness (QED) is 0.450. The van der Waals surface area contributed by atoms with Crippen molar-refractivity contribution >= 4 is 11.6 Å². The van der Waals surface area contributed by atoms with E-state index in [0.717, 1.165) is 12.8 Å². The predicted octanol–water partition coefficient (Wildman–Crippen LogP) is 2.75. The molecule has 0 saturated heterocycles. The molecule has 0 rings (SSSR count). The Morgan fingerprint density at radius 2 is 1.77 bits per heavy atom. The zero-order chi connectivity index (χ0) is 10.3. The first-order chi connectivity index (χ1) is 6.09. The van der Waals surface area contributed by atoms with E-state index < -0.39 is 0 Å². The fraction of sp³-hybridized carbons (Fsp3) is 0.818. The van der Waals surface area contributed by atoms with Gasteiger partial charge in [0.2, 0.25) is 0 Å². The standard InChI is InChI=1S/C11H20O2/c1-4-5-6-7-8-11(13)9(2)10(3)12/h9H,4-8H2,1-3H3. The lowest BCUT2D eigenvalue weighted by atomic mass is 9.97. The first kappa shape index (κ1) is 12.3. The van der Waals surface area contributed by atoms with Crippen molar-refractivity contribution < 1.29 is 9.59 Å². The third kappa shape index (κ3) is 5.56. The molecule has 0 fully saturated rings. The summed E-state index contributed by atoms with van der Waals surface area (Å²) in [7, 11) is 0. The average Bonchev–Trinajstić information content (AvgIpc) is 2.10. The second kappa shape index (κ2) is 6.81. The summed E-state index contributed by atoms with van der Waals surface area (Å²) in [5, 5.41) is 0. The van der Waals surface area contributed by atoms with Gasteiger partial charge in [0.1, 0.15) is 11.6 Å². The monoisotopic (exact) mass is 184 g/mol. The molecule has 0 aromatic heterocycles. The van der Waals surface area contributed by atoms with Crippen LogP contribution in [-0.4, -0.2) is 11.6 Å². The van der Waals surface area contributed by atoms with Gasteiger partial charge in [-0.3, -0.25) is 9.59 Å². The second-order valence-corrected chi connectivity index (χ2v) is 3.61. The van der Waals surface area contributed by atoms with E-state index in [1.165, 1.54) is 19.8 Å². The van der Waals surface area contributed by atoms with E-state index in [1.54, 1.807) is 6.92 Å². The lowest BCUT2D eigenvalue weighted by molar-refractivity contribution is -0.130. The molecular weight excluding hydrogens is 164 g/mol. The van der Waals surface area contributed by atoms with Crippen molar-refractivity contribution in [3.8, 4) is 0 Å². The lowest BCUT2D eigenvalue weighted by Crippen LogP contribution is -2.18. The third-order valence-corrected chi connectivity index (χ3v) is 2.37. The maximum Gasteiger partial charge on any atom is 0.143 e. The van der Waals surface area contributed by atoms with Crippen molar-refractivity contribution in [1.82, 2.24) is 0 Å². The number of carbonyl (C=O) groups is 2. The molecule has 1 atom stereocenters. The minimum Gasteiger partial charge on any atom is -0.299 e. The zero-order valence-electron chi connectivity index (χ0n) is 8.93. The Balaban J connectivity index is 3.56. The van der Waals surface area contributed by atoms with Gasteiger partial charge in [-0.15, -0.1) is 0 Å². The van der Waals surface area contributed by atoms with Crippen LogP contribution in [0.3, 0.4) is 0 Å². The number of unbranched alkanes of at least 4 members (excludes halogenated alkanes) is 3. The van der Waals surface area contributed by atoms with Gasteiger partial charge in [0.15, 0.2) is 0 Å². The Kier molecular flexibility index (Phi) is 6.47. The van der Waals surface area contributed by atoms with Crippen LogP contribution in [-0.2, 0) is 9.59 Å². The van der Waals surface area contributed by atoms with E-state index in [2.05, 4.69) is 6.92 Å². The van der Waals surface area contributed by atoms with Gasteiger partial charge in [-0.1, -0.05) is 26.2 Å². The molecule has 0 amide bonds. The molecule has 0 aromatic rings. The number of ketones is 2.